The lowest BCUT2D eigenvalue weighted by Gasteiger charge is -2.13. The van der Waals surface area contributed by atoms with E-state index in [-0.39, 0.29) is 30.7 Å². The predicted octanol–water partition coefficient (Wildman–Crippen LogP) is 2.84. The highest BCUT2D eigenvalue weighted by molar-refractivity contribution is 7.88. The molecule has 0 radical (unpaired) electrons. The fraction of sp³-hybridized carbons (Fsp3) is 0.545. The van der Waals surface area contributed by atoms with Crippen LogP contribution >= 0.6 is 0 Å². The molecular weight excluding hydrogens is 400 g/mol. The number of nitrogens with zero attached hydrogens (tertiary/aromatic N) is 2. The second kappa shape index (κ2) is 10.2. The van der Waals surface area contributed by atoms with Gasteiger partial charge in [-0.25, -0.2) is 13.1 Å². The van der Waals surface area contributed by atoms with Crippen LogP contribution in [0.4, 0.5) is 0 Å². The molecule has 1 heterocycles. The summed E-state index contributed by atoms with van der Waals surface area (Å²) < 4.78 is 29.1. The molecule has 0 aliphatic carbocycles. The molecule has 8 heteroatoms. The SMILES string of the molecule is Cc1nn(CC(C)C)c(C)c1CC(=O)NCc1ccccc1CS(=O)(=O)NC(C)C. The van der Waals surface area contributed by atoms with Crippen LogP contribution in [0.2, 0.25) is 0 Å². The van der Waals surface area contributed by atoms with Crippen molar-refractivity contribution < 1.29 is 13.2 Å². The van der Waals surface area contributed by atoms with Gasteiger partial charge in [-0.3, -0.25) is 9.48 Å². The van der Waals surface area contributed by atoms with E-state index in [4.69, 9.17) is 0 Å². The summed E-state index contributed by atoms with van der Waals surface area (Å²) in [7, 11) is -3.44. The first-order chi connectivity index (χ1) is 14.0. The molecule has 30 heavy (non-hydrogen) atoms. The fourth-order valence-electron chi connectivity index (χ4n) is 3.41. The highest BCUT2D eigenvalue weighted by Crippen LogP contribution is 2.16. The first-order valence-corrected chi connectivity index (χ1v) is 12.0. The lowest BCUT2D eigenvalue weighted by molar-refractivity contribution is -0.120. The number of aryl methyl sites for hydroxylation is 1. The second-order valence-electron chi connectivity index (χ2n) is 8.48. The van der Waals surface area contributed by atoms with Crippen molar-refractivity contribution in [3.8, 4) is 0 Å². The predicted molar refractivity (Wildman–Crippen MR) is 119 cm³/mol. The zero-order chi connectivity index (χ0) is 22.5. The van der Waals surface area contributed by atoms with Crippen molar-refractivity contribution in [2.45, 2.75) is 72.8 Å². The number of benzene rings is 1. The Morgan fingerprint density at radius 3 is 2.33 bits per heavy atom. The van der Waals surface area contributed by atoms with Crippen LogP contribution in [-0.2, 0) is 40.1 Å². The van der Waals surface area contributed by atoms with E-state index >= 15 is 0 Å². The Kier molecular flexibility index (Phi) is 8.20. The Morgan fingerprint density at radius 1 is 1.10 bits per heavy atom. The molecule has 2 aromatic rings. The number of carbonyl (C=O) groups excluding carboxylic acids is 1. The molecule has 0 aliphatic heterocycles. The third-order valence-corrected chi connectivity index (χ3v) is 6.28. The van der Waals surface area contributed by atoms with Crippen LogP contribution < -0.4 is 10.0 Å². The fourth-order valence-corrected chi connectivity index (χ4v) is 4.90. The molecule has 0 aliphatic rings. The van der Waals surface area contributed by atoms with Gasteiger partial charge in [0.05, 0.1) is 17.9 Å². The Morgan fingerprint density at radius 2 is 1.73 bits per heavy atom. The molecule has 2 N–H and O–H groups in total. The molecule has 2 rings (SSSR count). The van der Waals surface area contributed by atoms with E-state index in [1.807, 2.05) is 30.7 Å². The van der Waals surface area contributed by atoms with E-state index < -0.39 is 10.0 Å². The smallest absolute Gasteiger partial charge is 0.224 e. The van der Waals surface area contributed by atoms with Gasteiger partial charge in [0.1, 0.15) is 0 Å². The quantitative estimate of drug-likeness (QED) is 0.601. The zero-order valence-corrected chi connectivity index (χ0v) is 19.6. The minimum Gasteiger partial charge on any atom is -0.352 e. The molecule has 0 unspecified atom stereocenters. The van der Waals surface area contributed by atoms with E-state index in [2.05, 4.69) is 29.0 Å². The van der Waals surface area contributed by atoms with E-state index in [9.17, 15) is 13.2 Å². The van der Waals surface area contributed by atoms with Crippen LogP contribution in [0.5, 0.6) is 0 Å². The minimum absolute atomic E-state index is 0.108. The van der Waals surface area contributed by atoms with E-state index in [1.54, 1.807) is 26.0 Å². The van der Waals surface area contributed by atoms with Gasteiger partial charge in [0.2, 0.25) is 15.9 Å². The van der Waals surface area contributed by atoms with E-state index in [0.29, 0.717) is 11.5 Å². The molecule has 1 aromatic carbocycles. The molecule has 0 saturated heterocycles. The number of amides is 1. The molecule has 7 nitrogen and oxygen atoms in total. The summed E-state index contributed by atoms with van der Waals surface area (Å²) in [6.45, 7) is 12.9. The summed E-state index contributed by atoms with van der Waals surface area (Å²) in [5, 5.41) is 7.49. The highest BCUT2D eigenvalue weighted by Gasteiger charge is 2.17. The Labute approximate surface area is 180 Å². The van der Waals surface area contributed by atoms with E-state index in [0.717, 1.165) is 29.1 Å². The molecule has 0 fully saturated rings. The van der Waals surface area contributed by atoms with Gasteiger partial charge in [0.25, 0.3) is 0 Å². The van der Waals surface area contributed by atoms with Gasteiger partial charge in [-0.15, -0.1) is 0 Å². The van der Waals surface area contributed by atoms with Gasteiger partial charge in [0.15, 0.2) is 0 Å². The first-order valence-electron chi connectivity index (χ1n) is 10.3. The third-order valence-electron chi connectivity index (χ3n) is 4.76. The van der Waals surface area contributed by atoms with Crippen LogP contribution in [0.3, 0.4) is 0 Å². The number of carbonyl (C=O) groups is 1. The highest BCUT2D eigenvalue weighted by atomic mass is 32.2. The average Bonchev–Trinajstić information content (AvgIpc) is 2.86. The van der Waals surface area contributed by atoms with Crippen LogP contribution in [-0.4, -0.2) is 30.1 Å². The normalized spacial score (nSPS) is 12.0. The Balaban J connectivity index is 2.05. The standard InChI is InChI=1S/C22H34N4O3S/c1-15(2)13-26-18(6)21(17(5)24-26)11-22(27)23-12-19-9-7-8-10-20(19)14-30(28,29)25-16(3)4/h7-10,15-16,25H,11-14H2,1-6H3,(H,23,27). The molecule has 1 aromatic heterocycles. The van der Waals surface area contributed by atoms with Gasteiger partial charge < -0.3 is 5.32 Å². The topological polar surface area (TPSA) is 93.1 Å². The molecular formula is C22H34N4O3S. The maximum Gasteiger partial charge on any atom is 0.224 e. The number of hydrogen-bond donors (Lipinski definition) is 2. The van der Waals surface area contributed by atoms with Crippen molar-refractivity contribution in [1.29, 1.82) is 0 Å². The van der Waals surface area contributed by atoms with Crippen molar-refractivity contribution in [2.24, 2.45) is 5.92 Å². The van der Waals surface area contributed by atoms with Gasteiger partial charge in [-0.05, 0) is 44.7 Å². The monoisotopic (exact) mass is 434 g/mol. The molecule has 0 saturated carbocycles. The average molecular weight is 435 g/mol. The van der Waals surface area contributed by atoms with Crippen LogP contribution in [0.25, 0.3) is 0 Å². The number of aromatic nitrogens is 2. The molecule has 0 bridgehead atoms. The Bertz CT molecular complexity index is 978. The summed E-state index contributed by atoms with van der Waals surface area (Å²) in [4.78, 5) is 12.6. The summed E-state index contributed by atoms with van der Waals surface area (Å²) in [6, 6.07) is 7.12. The Hall–Kier alpha value is -2.19. The van der Waals surface area contributed by atoms with Gasteiger partial charge >= 0.3 is 0 Å². The zero-order valence-electron chi connectivity index (χ0n) is 18.8. The molecule has 0 spiro atoms. The summed E-state index contributed by atoms with van der Waals surface area (Å²) in [6.07, 6.45) is 0.255. The summed E-state index contributed by atoms with van der Waals surface area (Å²) in [5.41, 5.74) is 4.31. The van der Waals surface area contributed by atoms with Crippen molar-refractivity contribution >= 4 is 15.9 Å². The van der Waals surface area contributed by atoms with E-state index in [1.165, 1.54) is 0 Å². The van der Waals surface area contributed by atoms with Crippen LogP contribution in [0.15, 0.2) is 24.3 Å². The summed E-state index contributed by atoms with van der Waals surface area (Å²) >= 11 is 0. The molecule has 1 amide bonds. The van der Waals surface area contributed by atoms with Crippen molar-refractivity contribution in [3.05, 3.63) is 52.3 Å². The van der Waals surface area contributed by atoms with Gasteiger partial charge in [0, 0.05) is 30.4 Å². The summed E-state index contributed by atoms with van der Waals surface area (Å²) in [5.74, 6) is 0.253. The first kappa shape index (κ1) is 24.1. The van der Waals surface area contributed by atoms with Crippen molar-refractivity contribution in [1.82, 2.24) is 19.8 Å². The van der Waals surface area contributed by atoms with Crippen LogP contribution in [0, 0.1) is 19.8 Å². The lowest BCUT2D eigenvalue weighted by atomic mass is 10.1. The molecule has 0 atom stereocenters. The number of nitrogens with one attached hydrogen (secondary N) is 2. The maximum absolute atomic E-state index is 12.6. The second-order valence-corrected chi connectivity index (χ2v) is 10.2. The molecule has 166 valence electrons. The number of sulfonamides is 1. The minimum atomic E-state index is -3.44. The number of rotatable bonds is 10. The maximum atomic E-state index is 12.6. The van der Waals surface area contributed by atoms with Crippen molar-refractivity contribution in [3.63, 3.8) is 0 Å². The largest absolute Gasteiger partial charge is 0.352 e. The van der Waals surface area contributed by atoms with Gasteiger partial charge in [-0.1, -0.05) is 38.1 Å². The van der Waals surface area contributed by atoms with Crippen molar-refractivity contribution in [2.75, 3.05) is 0 Å². The lowest BCUT2D eigenvalue weighted by Crippen LogP contribution is -2.32. The third kappa shape index (κ3) is 6.95. The van der Waals surface area contributed by atoms with Crippen LogP contribution in [0.1, 0.15) is 55.8 Å². The number of hydrogen-bond acceptors (Lipinski definition) is 4. The van der Waals surface area contributed by atoms with Gasteiger partial charge in [-0.2, -0.15) is 5.10 Å².